The molecule has 2 saturated heterocycles. The van der Waals surface area contributed by atoms with E-state index in [4.69, 9.17) is 0 Å². The highest BCUT2D eigenvalue weighted by Gasteiger charge is 2.42. The Labute approximate surface area is 160 Å². The van der Waals surface area contributed by atoms with E-state index >= 15 is 0 Å². The lowest BCUT2D eigenvalue weighted by Crippen LogP contribution is -2.56. The van der Waals surface area contributed by atoms with E-state index in [9.17, 15) is 14.4 Å². The fourth-order valence-electron chi connectivity index (χ4n) is 4.17. The topological polar surface area (TPSA) is 82.6 Å². The van der Waals surface area contributed by atoms with Gasteiger partial charge in [0, 0.05) is 63.3 Å². The molecule has 1 atom stereocenters. The lowest BCUT2D eigenvalue weighted by molar-refractivity contribution is -0.143. The molecule has 0 saturated carbocycles. The Morgan fingerprint density at radius 1 is 1.26 bits per heavy atom. The summed E-state index contributed by atoms with van der Waals surface area (Å²) in [6, 6.07) is 5.83. The number of amides is 3. The molecule has 7 heteroatoms. The fourth-order valence-corrected chi connectivity index (χ4v) is 4.17. The van der Waals surface area contributed by atoms with Crippen molar-refractivity contribution in [3.8, 4) is 0 Å². The van der Waals surface area contributed by atoms with Crippen molar-refractivity contribution in [2.75, 3.05) is 32.7 Å². The molecule has 3 amide bonds. The summed E-state index contributed by atoms with van der Waals surface area (Å²) in [6.45, 7) is 4.21. The molecule has 3 heterocycles. The number of hydrogen-bond donors (Lipinski definition) is 1. The van der Waals surface area contributed by atoms with Crippen LogP contribution in [-0.4, -0.2) is 65.2 Å². The highest BCUT2D eigenvalue weighted by molar-refractivity contribution is 5.84. The molecule has 2 fully saturated rings. The van der Waals surface area contributed by atoms with Crippen LogP contribution in [0.5, 0.6) is 0 Å². The Morgan fingerprint density at radius 2 is 2.11 bits per heavy atom. The second kappa shape index (κ2) is 8.50. The number of likely N-dealkylation sites (tertiary alicyclic amines) is 2. The van der Waals surface area contributed by atoms with Crippen molar-refractivity contribution < 1.29 is 14.4 Å². The number of piperidine rings is 2. The minimum absolute atomic E-state index is 0.0256. The van der Waals surface area contributed by atoms with E-state index in [0.29, 0.717) is 26.1 Å². The number of nitrogens with one attached hydrogen (secondary N) is 1. The average Bonchev–Trinajstić information content (AvgIpc) is 2.68. The first kappa shape index (κ1) is 19.3. The second-order valence-corrected chi connectivity index (χ2v) is 7.71. The van der Waals surface area contributed by atoms with Gasteiger partial charge in [-0.2, -0.15) is 0 Å². The standard InChI is InChI=1S/C20H28N4O3/c1-16(25)22-13-19(27)23-11-4-8-20(14-23)9-6-18(26)24(15-20)12-7-17-5-2-3-10-21-17/h2-3,5,10H,4,6-9,11-15H2,1H3,(H,22,25)/t20-/m1/s1. The molecule has 1 aromatic heterocycles. The zero-order valence-corrected chi connectivity index (χ0v) is 15.9. The number of pyridine rings is 1. The predicted molar refractivity (Wildman–Crippen MR) is 101 cm³/mol. The van der Waals surface area contributed by atoms with Gasteiger partial charge >= 0.3 is 0 Å². The lowest BCUT2D eigenvalue weighted by Gasteiger charge is -2.48. The van der Waals surface area contributed by atoms with Gasteiger partial charge in [0.2, 0.25) is 17.7 Å². The Balaban J connectivity index is 1.60. The molecule has 3 rings (SSSR count). The van der Waals surface area contributed by atoms with Gasteiger partial charge in [0.1, 0.15) is 0 Å². The van der Waals surface area contributed by atoms with Crippen LogP contribution < -0.4 is 5.32 Å². The normalized spacial score (nSPS) is 22.8. The van der Waals surface area contributed by atoms with Crippen LogP contribution in [0.2, 0.25) is 0 Å². The molecule has 7 nitrogen and oxygen atoms in total. The maximum Gasteiger partial charge on any atom is 0.241 e. The minimum Gasteiger partial charge on any atom is -0.347 e. The van der Waals surface area contributed by atoms with E-state index in [2.05, 4.69) is 10.3 Å². The van der Waals surface area contributed by atoms with Crippen LogP contribution in [0.3, 0.4) is 0 Å². The Morgan fingerprint density at radius 3 is 2.85 bits per heavy atom. The van der Waals surface area contributed by atoms with Crippen molar-refractivity contribution in [2.45, 2.75) is 39.0 Å². The zero-order chi connectivity index (χ0) is 19.3. The quantitative estimate of drug-likeness (QED) is 0.836. The van der Waals surface area contributed by atoms with Gasteiger partial charge in [-0.05, 0) is 31.4 Å². The van der Waals surface area contributed by atoms with Gasteiger partial charge in [0.15, 0.2) is 0 Å². The molecule has 0 radical (unpaired) electrons. The maximum absolute atomic E-state index is 12.4. The van der Waals surface area contributed by atoms with Crippen molar-refractivity contribution in [1.82, 2.24) is 20.1 Å². The molecule has 1 aromatic rings. The van der Waals surface area contributed by atoms with Crippen molar-refractivity contribution in [3.05, 3.63) is 30.1 Å². The predicted octanol–water partition coefficient (Wildman–Crippen LogP) is 0.991. The van der Waals surface area contributed by atoms with Crippen LogP contribution in [0.25, 0.3) is 0 Å². The van der Waals surface area contributed by atoms with E-state index in [-0.39, 0.29) is 29.7 Å². The molecule has 1 spiro atoms. The van der Waals surface area contributed by atoms with Gasteiger partial charge in [-0.1, -0.05) is 6.07 Å². The van der Waals surface area contributed by atoms with Gasteiger partial charge in [0.05, 0.1) is 6.54 Å². The van der Waals surface area contributed by atoms with Gasteiger partial charge in [0.25, 0.3) is 0 Å². The summed E-state index contributed by atoms with van der Waals surface area (Å²) < 4.78 is 0. The number of hydrogen-bond acceptors (Lipinski definition) is 4. The zero-order valence-electron chi connectivity index (χ0n) is 15.9. The third-order valence-electron chi connectivity index (χ3n) is 5.61. The molecule has 1 N–H and O–H groups in total. The largest absolute Gasteiger partial charge is 0.347 e. The number of carbonyl (C=O) groups excluding carboxylic acids is 3. The van der Waals surface area contributed by atoms with Crippen molar-refractivity contribution >= 4 is 17.7 Å². The molecule has 2 aliphatic rings. The van der Waals surface area contributed by atoms with Crippen LogP contribution in [0.1, 0.15) is 38.3 Å². The van der Waals surface area contributed by atoms with E-state index < -0.39 is 0 Å². The monoisotopic (exact) mass is 372 g/mol. The van der Waals surface area contributed by atoms with Gasteiger partial charge in [-0.25, -0.2) is 0 Å². The first-order chi connectivity index (χ1) is 13.0. The first-order valence-corrected chi connectivity index (χ1v) is 9.67. The Kier molecular flexibility index (Phi) is 6.08. The molecule has 0 bridgehead atoms. The van der Waals surface area contributed by atoms with Crippen molar-refractivity contribution in [2.24, 2.45) is 5.41 Å². The van der Waals surface area contributed by atoms with Crippen LogP contribution in [0.15, 0.2) is 24.4 Å². The molecule has 2 aliphatic heterocycles. The average molecular weight is 372 g/mol. The number of aromatic nitrogens is 1. The van der Waals surface area contributed by atoms with Crippen LogP contribution in [0.4, 0.5) is 0 Å². The minimum atomic E-state index is -0.195. The summed E-state index contributed by atoms with van der Waals surface area (Å²) in [4.78, 5) is 44.0. The highest BCUT2D eigenvalue weighted by atomic mass is 16.2. The van der Waals surface area contributed by atoms with Crippen LogP contribution in [-0.2, 0) is 20.8 Å². The summed E-state index contributed by atoms with van der Waals surface area (Å²) in [5.74, 6) is -0.0431. The SMILES string of the molecule is CC(=O)NCC(=O)N1CCC[C@@]2(CCC(=O)N(CCc3ccccn3)C2)C1. The highest BCUT2D eigenvalue weighted by Crippen LogP contribution is 2.38. The number of nitrogens with zero attached hydrogens (tertiary/aromatic N) is 3. The molecule has 0 aromatic carbocycles. The molecule has 0 unspecified atom stereocenters. The molecule has 146 valence electrons. The maximum atomic E-state index is 12.4. The number of carbonyl (C=O) groups is 3. The van der Waals surface area contributed by atoms with E-state index in [1.165, 1.54) is 6.92 Å². The summed E-state index contributed by atoms with van der Waals surface area (Å²) in [6.07, 6.45) is 5.85. The fraction of sp³-hybridized carbons (Fsp3) is 0.600. The molecule has 0 aliphatic carbocycles. The summed E-state index contributed by atoms with van der Waals surface area (Å²) in [5, 5.41) is 2.59. The first-order valence-electron chi connectivity index (χ1n) is 9.67. The van der Waals surface area contributed by atoms with E-state index in [0.717, 1.165) is 37.9 Å². The lowest BCUT2D eigenvalue weighted by atomic mass is 9.73. The third kappa shape index (κ3) is 5.05. The van der Waals surface area contributed by atoms with Gasteiger partial charge < -0.3 is 15.1 Å². The van der Waals surface area contributed by atoms with Gasteiger partial charge in [-0.15, -0.1) is 0 Å². The number of rotatable bonds is 5. The summed E-state index contributed by atoms with van der Waals surface area (Å²) in [7, 11) is 0. The van der Waals surface area contributed by atoms with E-state index in [1.807, 2.05) is 28.0 Å². The van der Waals surface area contributed by atoms with Gasteiger partial charge in [-0.3, -0.25) is 19.4 Å². The molecular formula is C20H28N4O3. The Hall–Kier alpha value is -2.44. The van der Waals surface area contributed by atoms with Crippen LogP contribution in [0, 0.1) is 5.41 Å². The second-order valence-electron chi connectivity index (χ2n) is 7.71. The van der Waals surface area contributed by atoms with Crippen molar-refractivity contribution in [1.29, 1.82) is 0 Å². The third-order valence-corrected chi connectivity index (χ3v) is 5.61. The molecule has 27 heavy (non-hydrogen) atoms. The summed E-state index contributed by atoms with van der Waals surface area (Å²) >= 11 is 0. The van der Waals surface area contributed by atoms with Crippen LogP contribution >= 0.6 is 0 Å². The molecular weight excluding hydrogens is 344 g/mol. The van der Waals surface area contributed by atoms with E-state index in [1.54, 1.807) is 6.20 Å². The smallest absolute Gasteiger partial charge is 0.241 e. The van der Waals surface area contributed by atoms with Crippen molar-refractivity contribution in [3.63, 3.8) is 0 Å². The Bertz CT molecular complexity index is 694. The summed E-state index contributed by atoms with van der Waals surface area (Å²) in [5.41, 5.74) is 0.961.